The zero-order chi connectivity index (χ0) is 22.5. The van der Waals surface area contributed by atoms with Crippen LogP contribution in [0.1, 0.15) is 41.5 Å². The smallest absolute Gasteiger partial charge is 0.377 e. The molecule has 0 saturated heterocycles. The van der Waals surface area contributed by atoms with E-state index >= 15 is 0 Å². The van der Waals surface area contributed by atoms with Crippen LogP contribution in [0.15, 0.2) is 0 Å². The van der Waals surface area contributed by atoms with Crippen molar-refractivity contribution in [2.24, 2.45) is 11.8 Å². The van der Waals surface area contributed by atoms with Gasteiger partial charge in [-0.3, -0.25) is 0 Å². The molecule has 0 aliphatic heterocycles. The molecule has 0 saturated carbocycles. The van der Waals surface area contributed by atoms with Gasteiger partial charge in [0.05, 0.1) is 9.52 Å². The van der Waals surface area contributed by atoms with E-state index in [4.69, 9.17) is 22.8 Å². The topological polar surface area (TPSA) is 70.2 Å². The molecule has 7 nitrogen and oxygen atoms in total. The molecular formula is C20H50N2O5Si2. The summed E-state index contributed by atoms with van der Waals surface area (Å²) in [6, 6.07) is 2.14. The zero-order valence-corrected chi connectivity index (χ0v) is 23.1. The van der Waals surface area contributed by atoms with Crippen LogP contribution in [0.3, 0.4) is 0 Å². The lowest BCUT2D eigenvalue weighted by Gasteiger charge is -2.27. The summed E-state index contributed by atoms with van der Waals surface area (Å²) in [5.41, 5.74) is 0. The van der Waals surface area contributed by atoms with Crippen LogP contribution in [0.25, 0.3) is 0 Å². The fourth-order valence-corrected chi connectivity index (χ4v) is 6.74. The van der Waals surface area contributed by atoms with E-state index in [0.29, 0.717) is 5.92 Å². The number of ether oxygens (including phenoxy) is 2. The van der Waals surface area contributed by atoms with Gasteiger partial charge in [0.15, 0.2) is 0 Å². The van der Waals surface area contributed by atoms with Crippen LogP contribution in [0.2, 0.25) is 12.1 Å². The van der Waals surface area contributed by atoms with Crippen LogP contribution in [-0.4, -0.2) is 85.0 Å². The minimum Gasteiger partial charge on any atom is -0.377 e. The zero-order valence-electron chi connectivity index (χ0n) is 20.6. The SMILES string of the molecule is CCNCC(C)C[SiH2]C(OCC)OCC.CCNCC(C)C[Si](OC)(OC)OC. The largest absolute Gasteiger partial charge is 0.500 e. The third-order valence-electron chi connectivity index (χ3n) is 4.62. The van der Waals surface area contributed by atoms with Crippen LogP contribution < -0.4 is 10.6 Å². The Kier molecular flexibility index (Phi) is 23.1. The molecule has 0 aromatic carbocycles. The highest BCUT2D eigenvalue weighted by atomic mass is 28.4. The van der Waals surface area contributed by atoms with Gasteiger partial charge in [0.2, 0.25) is 0 Å². The van der Waals surface area contributed by atoms with Crippen LogP contribution in [0, 0.1) is 11.8 Å². The summed E-state index contributed by atoms with van der Waals surface area (Å²) >= 11 is 0. The molecule has 0 aliphatic rings. The van der Waals surface area contributed by atoms with E-state index in [-0.39, 0.29) is 15.4 Å². The van der Waals surface area contributed by atoms with Gasteiger partial charge in [-0.1, -0.05) is 33.7 Å². The van der Waals surface area contributed by atoms with Gasteiger partial charge in [-0.2, -0.15) is 0 Å². The molecule has 0 amide bonds. The Bertz CT molecular complexity index is 326. The summed E-state index contributed by atoms with van der Waals surface area (Å²) in [7, 11) is 2.33. The van der Waals surface area contributed by atoms with Gasteiger partial charge in [0.25, 0.3) is 0 Å². The summed E-state index contributed by atoms with van der Waals surface area (Å²) in [4.78, 5) is 0. The van der Waals surface area contributed by atoms with E-state index in [1.54, 1.807) is 21.3 Å². The molecule has 2 unspecified atom stereocenters. The Labute approximate surface area is 184 Å². The Morgan fingerprint density at radius 3 is 1.59 bits per heavy atom. The maximum Gasteiger partial charge on any atom is 0.500 e. The normalized spacial score (nSPS) is 14.3. The van der Waals surface area contributed by atoms with E-state index in [0.717, 1.165) is 51.4 Å². The van der Waals surface area contributed by atoms with Crippen molar-refractivity contribution in [2.45, 2.75) is 59.5 Å². The number of hydrogen-bond acceptors (Lipinski definition) is 7. The van der Waals surface area contributed by atoms with Crippen molar-refractivity contribution in [2.75, 3.05) is 60.7 Å². The molecule has 0 radical (unpaired) electrons. The highest BCUT2D eigenvalue weighted by molar-refractivity contribution is 6.60. The molecule has 0 aliphatic carbocycles. The monoisotopic (exact) mass is 454 g/mol. The van der Waals surface area contributed by atoms with Crippen LogP contribution >= 0.6 is 0 Å². The van der Waals surface area contributed by atoms with E-state index in [9.17, 15) is 0 Å². The molecule has 0 aromatic heterocycles. The molecule has 0 fully saturated rings. The van der Waals surface area contributed by atoms with Gasteiger partial charge in [-0.15, -0.1) is 0 Å². The lowest BCUT2D eigenvalue weighted by molar-refractivity contribution is -0.0829. The molecule has 2 atom stereocenters. The third-order valence-corrected chi connectivity index (χ3v) is 9.94. The van der Waals surface area contributed by atoms with Crippen molar-refractivity contribution in [3.8, 4) is 0 Å². The van der Waals surface area contributed by atoms with Gasteiger partial charge >= 0.3 is 8.80 Å². The number of nitrogens with one attached hydrogen (secondary N) is 2. The Balaban J connectivity index is 0. The van der Waals surface area contributed by atoms with E-state index in [2.05, 4.69) is 38.3 Å². The van der Waals surface area contributed by atoms with Gasteiger partial charge in [0.1, 0.15) is 5.91 Å². The average Bonchev–Trinajstić information content (AvgIpc) is 2.73. The maximum atomic E-state index is 5.56. The van der Waals surface area contributed by atoms with E-state index in [1.165, 1.54) is 6.04 Å². The standard InChI is InChI=1S/C11H27NO2Si.C9H23NO3Si/c1-5-12-8-10(4)9-15-11(13-6-2)14-7-3;1-6-10-7-9(2)8-14(11-3,12-4)13-5/h10-12H,5-9,15H2,1-4H3;9-10H,6-8H2,1-5H3. The highest BCUT2D eigenvalue weighted by Gasteiger charge is 2.39. The van der Waals surface area contributed by atoms with Crippen molar-refractivity contribution >= 4 is 18.3 Å². The molecule has 0 aromatic rings. The van der Waals surface area contributed by atoms with E-state index < -0.39 is 8.80 Å². The molecule has 178 valence electrons. The van der Waals surface area contributed by atoms with Crippen molar-refractivity contribution in [1.82, 2.24) is 10.6 Å². The predicted octanol–water partition coefficient (Wildman–Crippen LogP) is 2.29. The first-order valence-electron chi connectivity index (χ1n) is 11.2. The second-order valence-electron chi connectivity index (χ2n) is 7.24. The first-order chi connectivity index (χ1) is 13.9. The lowest BCUT2D eigenvalue weighted by Crippen LogP contribution is -2.45. The van der Waals surface area contributed by atoms with Crippen LogP contribution in [0.5, 0.6) is 0 Å². The molecule has 0 spiro atoms. The molecule has 29 heavy (non-hydrogen) atoms. The Hall–Kier alpha value is 0.154. The predicted molar refractivity (Wildman–Crippen MR) is 127 cm³/mol. The minimum absolute atomic E-state index is 0.129. The van der Waals surface area contributed by atoms with Gasteiger partial charge in [-0.05, 0) is 51.9 Å². The Morgan fingerprint density at radius 2 is 1.21 bits per heavy atom. The van der Waals surface area contributed by atoms with Crippen LogP contribution in [0.4, 0.5) is 0 Å². The minimum atomic E-state index is -2.37. The molecule has 2 N–H and O–H groups in total. The molecule has 9 heteroatoms. The summed E-state index contributed by atoms with van der Waals surface area (Å²) < 4.78 is 27.2. The second-order valence-corrected chi connectivity index (χ2v) is 12.1. The van der Waals surface area contributed by atoms with Crippen molar-refractivity contribution in [3.05, 3.63) is 0 Å². The molecule has 0 rings (SSSR count). The van der Waals surface area contributed by atoms with Gasteiger partial charge < -0.3 is 33.4 Å². The molecule has 0 heterocycles. The third kappa shape index (κ3) is 17.5. The second kappa shape index (κ2) is 21.4. The fraction of sp³-hybridized carbons (Fsp3) is 1.00. The summed E-state index contributed by atoms with van der Waals surface area (Å²) in [5.74, 6) is 1.38. The van der Waals surface area contributed by atoms with Gasteiger partial charge in [-0.25, -0.2) is 0 Å². The van der Waals surface area contributed by atoms with Crippen molar-refractivity contribution in [3.63, 3.8) is 0 Å². The highest BCUT2D eigenvalue weighted by Crippen LogP contribution is 2.18. The number of hydrogen-bond donors (Lipinski definition) is 2. The summed E-state index contributed by atoms with van der Waals surface area (Å²) in [5, 5.41) is 6.67. The van der Waals surface area contributed by atoms with Crippen molar-refractivity contribution < 1.29 is 22.8 Å². The quantitative estimate of drug-likeness (QED) is 0.243. The van der Waals surface area contributed by atoms with E-state index in [1.807, 2.05) is 13.8 Å². The summed E-state index contributed by atoms with van der Waals surface area (Å²) in [6.45, 7) is 18.4. The molecular weight excluding hydrogens is 404 g/mol. The van der Waals surface area contributed by atoms with Crippen LogP contribution in [-0.2, 0) is 22.8 Å². The lowest BCUT2D eigenvalue weighted by atomic mass is 10.2. The first-order valence-corrected chi connectivity index (χ1v) is 14.9. The van der Waals surface area contributed by atoms with Gasteiger partial charge in [0, 0.05) is 40.6 Å². The Morgan fingerprint density at radius 1 is 0.759 bits per heavy atom. The van der Waals surface area contributed by atoms with Crippen molar-refractivity contribution in [1.29, 1.82) is 0 Å². The molecule has 0 bridgehead atoms. The summed E-state index contributed by atoms with van der Waals surface area (Å²) in [6.07, 6.45) is 0. The fourth-order valence-electron chi connectivity index (χ4n) is 2.89. The average molecular weight is 455 g/mol. The number of rotatable bonds is 18. The maximum absolute atomic E-state index is 5.56. The first kappa shape index (κ1) is 31.3.